The fraction of sp³-hybridized carbons (Fsp3) is 0.533. The molecule has 0 radical (unpaired) electrons. The first-order valence-electron chi connectivity index (χ1n) is 6.63. The standard InChI is InChI=1S/C15H22O3/c1-3-5-6-12(4-2)11-18-15(17)13-7-9-14(16)10-8-13/h7-10,12,16H,3-6,11H2,1-2H3/t12-/m0/s1. The number of carbonyl (C=O) groups excluding carboxylic acids is 1. The van der Waals surface area contributed by atoms with Gasteiger partial charge in [-0.05, 0) is 36.6 Å². The number of unbranched alkanes of at least 4 members (excludes halogenated alkanes) is 1. The molecule has 0 aliphatic rings. The maximum atomic E-state index is 11.7. The molecule has 1 N–H and O–H groups in total. The summed E-state index contributed by atoms with van der Waals surface area (Å²) in [5, 5.41) is 9.14. The molecule has 0 saturated carbocycles. The monoisotopic (exact) mass is 250 g/mol. The van der Waals surface area contributed by atoms with Crippen LogP contribution in [0.25, 0.3) is 0 Å². The molecule has 3 nitrogen and oxygen atoms in total. The average molecular weight is 250 g/mol. The molecule has 100 valence electrons. The zero-order valence-corrected chi connectivity index (χ0v) is 11.2. The fourth-order valence-corrected chi connectivity index (χ4v) is 1.77. The third-order valence-electron chi connectivity index (χ3n) is 3.10. The first-order valence-corrected chi connectivity index (χ1v) is 6.63. The number of rotatable bonds is 7. The van der Waals surface area contributed by atoms with E-state index in [-0.39, 0.29) is 11.7 Å². The molecule has 0 heterocycles. The molecule has 18 heavy (non-hydrogen) atoms. The molecule has 0 unspecified atom stereocenters. The Labute approximate surface area is 109 Å². The van der Waals surface area contributed by atoms with Gasteiger partial charge in [0.15, 0.2) is 0 Å². The second kappa shape index (κ2) is 7.75. The molecule has 0 aliphatic heterocycles. The van der Waals surface area contributed by atoms with E-state index in [0.29, 0.717) is 18.1 Å². The minimum Gasteiger partial charge on any atom is -0.508 e. The summed E-state index contributed by atoms with van der Waals surface area (Å²) in [6.45, 7) is 4.76. The van der Waals surface area contributed by atoms with Crippen molar-refractivity contribution in [2.45, 2.75) is 39.5 Å². The van der Waals surface area contributed by atoms with Crippen LogP contribution in [0.1, 0.15) is 49.9 Å². The van der Waals surface area contributed by atoms with Gasteiger partial charge in [0.25, 0.3) is 0 Å². The van der Waals surface area contributed by atoms with Crippen molar-refractivity contribution in [1.82, 2.24) is 0 Å². The molecule has 0 amide bonds. The van der Waals surface area contributed by atoms with Crippen LogP contribution in [0, 0.1) is 5.92 Å². The van der Waals surface area contributed by atoms with E-state index in [1.807, 2.05) is 0 Å². The quantitative estimate of drug-likeness (QED) is 0.749. The number of ether oxygens (including phenoxy) is 1. The Hall–Kier alpha value is -1.51. The predicted molar refractivity (Wildman–Crippen MR) is 71.7 cm³/mol. The summed E-state index contributed by atoms with van der Waals surface area (Å²) in [6, 6.07) is 6.13. The molecule has 0 bridgehead atoms. The van der Waals surface area contributed by atoms with Crippen LogP contribution in [-0.2, 0) is 4.74 Å². The van der Waals surface area contributed by atoms with Gasteiger partial charge in [-0.25, -0.2) is 4.79 Å². The van der Waals surface area contributed by atoms with E-state index in [0.717, 1.165) is 12.8 Å². The number of carbonyl (C=O) groups is 1. The van der Waals surface area contributed by atoms with Crippen molar-refractivity contribution in [3.05, 3.63) is 29.8 Å². The van der Waals surface area contributed by atoms with Crippen molar-refractivity contribution in [2.24, 2.45) is 5.92 Å². The van der Waals surface area contributed by atoms with Crippen LogP contribution in [0.15, 0.2) is 24.3 Å². The minimum atomic E-state index is -0.315. The number of benzene rings is 1. The molecule has 1 rings (SSSR count). The highest BCUT2D eigenvalue weighted by Crippen LogP contribution is 2.15. The maximum Gasteiger partial charge on any atom is 0.338 e. The summed E-state index contributed by atoms with van der Waals surface area (Å²) < 4.78 is 5.30. The third kappa shape index (κ3) is 4.78. The van der Waals surface area contributed by atoms with Gasteiger partial charge in [0, 0.05) is 0 Å². The number of aromatic hydroxyl groups is 1. The van der Waals surface area contributed by atoms with Gasteiger partial charge in [-0.3, -0.25) is 0 Å². The zero-order chi connectivity index (χ0) is 13.4. The first-order chi connectivity index (χ1) is 8.67. The fourth-order valence-electron chi connectivity index (χ4n) is 1.77. The van der Waals surface area contributed by atoms with Crippen molar-refractivity contribution < 1.29 is 14.6 Å². The zero-order valence-electron chi connectivity index (χ0n) is 11.2. The van der Waals surface area contributed by atoms with E-state index in [1.54, 1.807) is 12.1 Å². The highest BCUT2D eigenvalue weighted by atomic mass is 16.5. The smallest absolute Gasteiger partial charge is 0.338 e. The van der Waals surface area contributed by atoms with Gasteiger partial charge in [-0.15, -0.1) is 0 Å². The van der Waals surface area contributed by atoms with Crippen molar-refractivity contribution in [3.63, 3.8) is 0 Å². The summed E-state index contributed by atoms with van der Waals surface area (Å²) in [4.78, 5) is 11.7. The predicted octanol–water partition coefficient (Wildman–Crippen LogP) is 3.77. The van der Waals surface area contributed by atoms with E-state index >= 15 is 0 Å². The van der Waals surface area contributed by atoms with E-state index in [4.69, 9.17) is 9.84 Å². The topological polar surface area (TPSA) is 46.5 Å². The summed E-state index contributed by atoms with van der Waals surface area (Å²) in [6.07, 6.45) is 4.48. The van der Waals surface area contributed by atoms with Gasteiger partial charge < -0.3 is 9.84 Å². The lowest BCUT2D eigenvalue weighted by Crippen LogP contribution is -2.13. The van der Waals surface area contributed by atoms with Gasteiger partial charge >= 0.3 is 5.97 Å². The molecule has 1 aromatic carbocycles. The van der Waals surface area contributed by atoms with Gasteiger partial charge in [-0.2, -0.15) is 0 Å². The van der Waals surface area contributed by atoms with Crippen molar-refractivity contribution in [2.75, 3.05) is 6.61 Å². The van der Waals surface area contributed by atoms with Crippen molar-refractivity contribution in [1.29, 1.82) is 0 Å². The second-order valence-electron chi connectivity index (χ2n) is 4.56. The lowest BCUT2D eigenvalue weighted by Gasteiger charge is -2.14. The molecule has 3 heteroatoms. The Morgan fingerprint density at radius 3 is 2.50 bits per heavy atom. The summed E-state index contributed by atoms with van der Waals surface area (Å²) >= 11 is 0. The Morgan fingerprint density at radius 1 is 1.28 bits per heavy atom. The number of esters is 1. The largest absolute Gasteiger partial charge is 0.508 e. The molecular formula is C15H22O3. The van der Waals surface area contributed by atoms with Crippen LogP contribution in [0.3, 0.4) is 0 Å². The summed E-state index contributed by atoms with van der Waals surface area (Å²) in [5.74, 6) is 0.289. The van der Waals surface area contributed by atoms with E-state index in [9.17, 15) is 4.79 Å². The highest BCUT2D eigenvalue weighted by molar-refractivity contribution is 5.89. The Morgan fingerprint density at radius 2 is 1.94 bits per heavy atom. The maximum absolute atomic E-state index is 11.7. The Bertz CT molecular complexity index is 357. The Kier molecular flexibility index (Phi) is 6.26. The lowest BCUT2D eigenvalue weighted by molar-refractivity contribution is 0.0428. The lowest BCUT2D eigenvalue weighted by atomic mass is 10.0. The molecule has 0 aliphatic carbocycles. The summed E-state index contributed by atoms with van der Waals surface area (Å²) in [7, 11) is 0. The second-order valence-corrected chi connectivity index (χ2v) is 4.56. The van der Waals surface area contributed by atoms with Gasteiger partial charge in [-0.1, -0.05) is 33.1 Å². The van der Waals surface area contributed by atoms with Crippen LogP contribution in [0.2, 0.25) is 0 Å². The van der Waals surface area contributed by atoms with Crippen LogP contribution < -0.4 is 0 Å². The van der Waals surface area contributed by atoms with Gasteiger partial charge in [0.1, 0.15) is 5.75 Å². The molecule has 0 spiro atoms. The van der Waals surface area contributed by atoms with Crippen molar-refractivity contribution in [3.8, 4) is 5.75 Å². The third-order valence-corrected chi connectivity index (χ3v) is 3.10. The Balaban J connectivity index is 2.42. The molecule has 1 aromatic rings. The first kappa shape index (κ1) is 14.6. The molecule has 1 atom stereocenters. The normalized spacial score (nSPS) is 12.1. The summed E-state index contributed by atoms with van der Waals surface area (Å²) in [5.41, 5.74) is 0.484. The van der Waals surface area contributed by atoms with E-state index in [1.165, 1.54) is 25.0 Å². The number of hydrogen-bond acceptors (Lipinski definition) is 3. The van der Waals surface area contributed by atoms with Crippen LogP contribution >= 0.6 is 0 Å². The van der Waals surface area contributed by atoms with Crippen LogP contribution in [-0.4, -0.2) is 17.7 Å². The molecule has 0 saturated heterocycles. The number of hydrogen-bond donors (Lipinski definition) is 1. The molecule has 0 aromatic heterocycles. The SMILES string of the molecule is CCCC[C@H](CC)COC(=O)c1ccc(O)cc1. The number of phenolic OH excluding ortho intramolecular Hbond substituents is 1. The van der Waals surface area contributed by atoms with Crippen LogP contribution in [0.4, 0.5) is 0 Å². The molecular weight excluding hydrogens is 228 g/mol. The van der Waals surface area contributed by atoms with E-state index in [2.05, 4.69) is 13.8 Å². The highest BCUT2D eigenvalue weighted by Gasteiger charge is 2.11. The van der Waals surface area contributed by atoms with Crippen molar-refractivity contribution >= 4 is 5.97 Å². The molecule has 0 fully saturated rings. The van der Waals surface area contributed by atoms with E-state index < -0.39 is 0 Å². The minimum absolute atomic E-state index is 0.154. The van der Waals surface area contributed by atoms with Gasteiger partial charge in [0.2, 0.25) is 0 Å². The van der Waals surface area contributed by atoms with Crippen LogP contribution in [0.5, 0.6) is 5.75 Å². The number of phenols is 1. The average Bonchev–Trinajstić information content (AvgIpc) is 2.39. The van der Waals surface area contributed by atoms with Gasteiger partial charge in [0.05, 0.1) is 12.2 Å².